The molecule has 27 heavy (non-hydrogen) atoms. The largest absolute Gasteiger partial charge is 0.465 e. The van der Waals surface area contributed by atoms with Crippen LogP contribution in [0.25, 0.3) is 0 Å². The lowest BCUT2D eigenvalue weighted by Gasteiger charge is -2.16. The Balaban J connectivity index is 2.27. The molecular formula is C21H30O6. The molecule has 2 aliphatic carbocycles. The van der Waals surface area contributed by atoms with Gasteiger partial charge in [-0.15, -0.1) is 5.73 Å². The highest BCUT2D eigenvalue weighted by atomic mass is 16.6. The summed E-state index contributed by atoms with van der Waals surface area (Å²) in [6.07, 6.45) is 4.14. The smallest absolute Gasteiger partial charge is 0.320 e. The Kier molecular flexibility index (Phi) is 7.66. The molecule has 0 spiro atoms. The van der Waals surface area contributed by atoms with Crippen molar-refractivity contribution in [1.29, 1.82) is 0 Å². The van der Waals surface area contributed by atoms with Crippen LogP contribution < -0.4 is 0 Å². The summed E-state index contributed by atoms with van der Waals surface area (Å²) in [5.41, 5.74) is 5.13. The molecule has 2 aliphatic rings. The Labute approximate surface area is 160 Å². The van der Waals surface area contributed by atoms with Crippen LogP contribution in [0.4, 0.5) is 0 Å². The molecule has 0 bridgehead atoms. The molecule has 0 amide bonds. The minimum absolute atomic E-state index is 0.186. The maximum atomic E-state index is 12.2. The quantitative estimate of drug-likeness (QED) is 0.293. The predicted octanol–water partition coefficient (Wildman–Crippen LogP) is 3.34. The fourth-order valence-electron chi connectivity index (χ4n) is 4.21. The highest BCUT2D eigenvalue weighted by Gasteiger charge is 2.43. The zero-order valence-corrected chi connectivity index (χ0v) is 16.7. The first kappa shape index (κ1) is 21.2. The Bertz CT molecular complexity index is 625. The standard InChI is InChI=1S/C21H30O6/c1-5-25-20(23)18(21(24)26-6-2)11-13(3)10-17-16-9-7-8-15(16)12-19(17)27-14(4)22/h15-16,18-19H,5-9,11-12H2,1-4H3/t10?,15-,16-,19-/m0/s1. The third-order valence-electron chi connectivity index (χ3n) is 5.24. The zero-order chi connectivity index (χ0) is 20.0. The third-order valence-corrected chi connectivity index (χ3v) is 5.24. The van der Waals surface area contributed by atoms with Crippen LogP contribution in [0.3, 0.4) is 0 Å². The van der Waals surface area contributed by atoms with Crippen LogP contribution >= 0.6 is 0 Å². The molecule has 0 heterocycles. The van der Waals surface area contributed by atoms with Crippen LogP contribution in [0.5, 0.6) is 0 Å². The lowest BCUT2D eigenvalue weighted by atomic mass is 9.95. The van der Waals surface area contributed by atoms with E-state index in [4.69, 9.17) is 14.2 Å². The molecule has 0 aromatic heterocycles. The number of carbonyl (C=O) groups is 3. The summed E-state index contributed by atoms with van der Waals surface area (Å²) in [7, 11) is 0. The first-order valence-electron chi connectivity index (χ1n) is 9.83. The Morgan fingerprint density at radius 2 is 1.70 bits per heavy atom. The molecule has 0 aromatic rings. The first-order chi connectivity index (χ1) is 12.9. The molecule has 6 heteroatoms. The van der Waals surface area contributed by atoms with Gasteiger partial charge >= 0.3 is 17.9 Å². The SMILES string of the molecule is CCOC(=O)C(CC(C)=C=C1[C@@H](OC(C)=O)C[C@@H]2CCC[C@H]12)C(=O)OCC. The van der Waals surface area contributed by atoms with Gasteiger partial charge in [-0.1, -0.05) is 6.42 Å². The van der Waals surface area contributed by atoms with Crippen molar-refractivity contribution in [2.24, 2.45) is 17.8 Å². The average molecular weight is 378 g/mol. The summed E-state index contributed by atoms with van der Waals surface area (Å²) in [6, 6.07) is 0. The summed E-state index contributed by atoms with van der Waals surface area (Å²) in [4.78, 5) is 35.8. The number of ether oxygens (including phenoxy) is 3. The third kappa shape index (κ3) is 5.46. The molecule has 2 fully saturated rings. The summed E-state index contributed by atoms with van der Waals surface area (Å²) >= 11 is 0. The minimum Gasteiger partial charge on any atom is -0.465 e. The fourth-order valence-corrected chi connectivity index (χ4v) is 4.21. The van der Waals surface area contributed by atoms with Crippen molar-refractivity contribution in [3.63, 3.8) is 0 Å². The Hall–Kier alpha value is -2.07. The highest BCUT2D eigenvalue weighted by molar-refractivity contribution is 5.95. The number of esters is 3. The second kappa shape index (κ2) is 9.75. The van der Waals surface area contributed by atoms with Crippen molar-refractivity contribution in [2.45, 2.75) is 65.9 Å². The lowest BCUT2D eigenvalue weighted by Crippen LogP contribution is -2.28. The number of rotatable bonds is 7. The Morgan fingerprint density at radius 3 is 2.26 bits per heavy atom. The van der Waals surface area contributed by atoms with Gasteiger partial charge in [-0.3, -0.25) is 14.4 Å². The number of hydrogen-bond acceptors (Lipinski definition) is 6. The zero-order valence-electron chi connectivity index (χ0n) is 16.7. The molecule has 2 saturated carbocycles. The summed E-state index contributed by atoms with van der Waals surface area (Å²) in [6.45, 7) is 7.07. The van der Waals surface area contributed by atoms with Gasteiger partial charge in [0.1, 0.15) is 6.10 Å². The van der Waals surface area contributed by atoms with Gasteiger partial charge in [-0.25, -0.2) is 0 Å². The van der Waals surface area contributed by atoms with Gasteiger partial charge < -0.3 is 14.2 Å². The van der Waals surface area contributed by atoms with Crippen molar-refractivity contribution in [3.05, 3.63) is 16.9 Å². The van der Waals surface area contributed by atoms with Gasteiger partial charge in [0.2, 0.25) is 0 Å². The highest BCUT2D eigenvalue weighted by Crippen LogP contribution is 2.48. The number of carbonyl (C=O) groups excluding carboxylic acids is 3. The van der Waals surface area contributed by atoms with E-state index in [-0.39, 0.29) is 31.7 Å². The minimum atomic E-state index is -0.994. The van der Waals surface area contributed by atoms with E-state index < -0.39 is 17.9 Å². The first-order valence-corrected chi connectivity index (χ1v) is 9.83. The van der Waals surface area contributed by atoms with Gasteiger partial charge in [0.05, 0.1) is 13.2 Å². The van der Waals surface area contributed by atoms with Crippen LogP contribution in [0.2, 0.25) is 0 Å². The molecule has 2 rings (SSSR count). The molecular weight excluding hydrogens is 348 g/mol. The second-order valence-electron chi connectivity index (χ2n) is 7.25. The van der Waals surface area contributed by atoms with Crippen molar-refractivity contribution < 1.29 is 28.6 Å². The monoisotopic (exact) mass is 378 g/mol. The van der Waals surface area contributed by atoms with Crippen molar-refractivity contribution in [1.82, 2.24) is 0 Å². The van der Waals surface area contributed by atoms with E-state index in [1.165, 1.54) is 13.3 Å². The molecule has 0 radical (unpaired) electrons. The van der Waals surface area contributed by atoms with E-state index in [0.717, 1.165) is 30.4 Å². The van der Waals surface area contributed by atoms with Crippen molar-refractivity contribution in [3.8, 4) is 0 Å². The van der Waals surface area contributed by atoms with Crippen molar-refractivity contribution in [2.75, 3.05) is 13.2 Å². The molecule has 0 unspecified atom stereocenters. The van der Waals surface area contributed by atoms with Gasteiger partial charge in [-0.2, -0.15) is 0 Å². The maximum Gasteiger partial charge on any atom is 0.320 e. The van der Waals surface area contributed by atoms with E-state index in [1.54, 1.807) is 13.8 Å². The van der Waals surface area contributed by atoms with Crippen LogP contribution in [0.1, 0.15) is 59.8 Å². The van der Waals surface area contributed by atoms with Gasteiger partial charge in [0.25, 0.3) is 0 Å². The molecule has 0 aliphatic heterocycles. The molecule has 3 atom stereocenters. The van der Waals surface area contributed by atoms with E-state index in [1.807, 2.05) is 6.92 Å². The van der Waals surface area contributed by atoms with Gasteiger partial charge in [0, 0.05) is 12.5 Å². The van der Waals surface area contributed by atoms with Crippen LogP contribution in [0, 0.1) is 17.8 Å². The van der Waals surface area contributed by atoms with Gasteiger partial charge in [0.15, 0.2) is 5.92 Å². The van der Waals surface area contributed by atoms with Crippen molar-refractivity contribution >= 4 is 17.9 Å². The maximum absolute atomic E-state index is 12.2. The number of fused-ring (bicyclic) bond motifs is 1. The van der Waals surface area contributed by atoms with Gasteiger partial charge in [-0.05, 0) is 63.9 Å². The lowest BCUT2D eigenvalue weighted by molar-refractivity contribution is -0.161. The van der Waals surface area contributed by atoms with E-state index in [2.05, 4.69) is 5.73 Å². The van der Waals surface area contributed by atoms with E-state index in [0.29, 0.717) is 11.8 Å². The second-order valence-corrected chi connectivity index (χ2v) is 7.25. The van der Waals surface area contributed by atoms with Crippen LogP contribution in [-0.2, 0) is 28.6 Å². The Morgan fingerprint density at radius 1 is 1.07 bits per heavy atom. The average Bonchev–Trinajstić information content (AvgIpc) is 3.15. The molecule has 6 nitrogen and oxygen atoms in total. The fraction of sp³-hybridized carbons (Fsp3) is 0.714. The van der Waals surface area contributed by atoms with Crippen LogP contribution in [0.15, 0.2) is 16.9 Å². The predicted molar refractivity (Wildman–Crippen MR) is 98.6 cm³/mol. The normalized spacial score (nSPS) is 23.6. The summed E-state index contributed by atoms with van der Waals surface area (Å²) < 4.78 is 15.6. The summed E-state index contributed by atoms with van der Waals surface area (Å²) in [5.74, 6) is -1.56. The van der Waals surface area contributed by atoms with Crippen LogP contribution in [-0.4, -0.2) is 37.2 Å². The number of hydrogen-bond donors (Lipinski definition) is 0. The molecule has 0 saturated heterocycles. The van der Waals surface area contributed by atoms with E-state index in [9.17, 15) is 14.4 Å². The molecule has 0 aromatic carbocycles. The van der Waals surface area contributed by atoms with E-state index >= 15 is 0 Å². The topological polar surface area (TPSA) is 78.9 Å². The molecule has 150 valence electrons. The summed E-state index contributed by atoms with van der Waals surface area (Å²) in [5, 5.41) is 0. The molecule has 0 N–H and O–H groups in total.